The minimum absolute atomic E-state index is 0.00533. The predicted molar refractivity (Wildman–Crippen MR) is 64.4 cm³/mol. The molecule has 0 unspecified atom stereocenters. The van der Waals surface area contributed by atoms with E-state index in [9.17, 15) is 4.79 Å². The Morgan fingerprint density at radius 2 is 2.18 bits per heavy atom. The molecule has 1 N–H and O–H groups in total. The van der Waals surface area contributed by atoms with Crippen molar-refractivity contribution in [2.24, 2.45) is 0 Å². The fourth-order valence-electron chi connectivity index (χ4n) is 2.02. The first kappa shape index (κ1) is 11.8. The highest BCUT2D eigenvalue weighted by molar-refractivity contribution is 5.85. The van der Waals surface area contributed by atoms with Gasteiger partial charge in [0.25, 0.3) is 0 Å². The largest absolute Gasteiger partial charge is 0.476 e. The maximum Gasteiger partial charge on any atom is 0.356 e. The average molecular weight is 235 g/mol. The Morgan fingerprint density at radius 3 is 2.59 bits per heavy atom. The first-order chi connectivity index (χ1) is 8.00. The number of aryl methyl sites for hydroxylation is 1. The fraction of sp³-hybridized carbons (Fsp3) is 0.583. The second-order valence-corrected chi connectivity index (χ2v) is 4.70. The van der Waals surface area contributed by atoms with E-state index in [1.807, 2.05) is 6.92 Å². The minimum atomic E-state index is -1.03. The maximum atomic E-state index is 10.8. The molecule has 1 heterocycles. The van der Waals surface area contributed by atoms with Gasteiger partial charge in [0.1, 0.15) is 0 Å². The van der Waals surface area contributed by atoms with E-state index in [4.69, 9.17) is 5.11 Å². The van der Waals surface area contributed by atoms with Crippen LogP contribution in [-0.4, -0.2) is 33.1 Å². The number of anilines is 1. The third-order valence-corrected chi connectivity index (χ3v) is 2.88. The molecule has 92 valence electrons. The molecule has 1 fully saturated rings. The third kappa shape index (κ3) is 2.38. The van der Waals surface area contributed by atoms with Crippen molar-refractivity contribution in [2.75, 3.05) is 4.90 Å². The average Bonchev–Trinajstić information content (AvgIpc) is 3.04. The van der Waals surface area contributed by atoms with Crippen molar-refractivity contribution in [3.63, 3.8) is 0 Å². The summed E-state index contributed by atoms with van der Waals surface area (Å²) in [6.45, 7) is 6.04. The van der Waals surface area contributed by atoms with E-state index in [0.29, 0.717) is 17.8 Å². The summed E-state index contributed by atoms with van der Waals surface area (Å²) in [6, 6.07) is 0.893. The number of aromatic carboxylic acids is 1. The molecule has 1 aromatic heterocycles. The van der Waals surface area contributed by atoms with Gasteiger partial charge in [-0.3, -0.25) is 0 Å². The lowest BCUT2D eigenvalue weighted by Crippen LogP contribution is -2.34. The lowest BCUT2D eigenvalue weighted by atomic mass is 10.2. The van der Waals surface area contributed by atoms with Crippen LogP contribution in [0.4, 0.5) is 5.82 Å². The monoisotopic (exact) mass is 235 g/mol. The predicted octanol–water partition coefficient (Wildman–Crippen LogP) is 1.86. The van der Waals surface area contributed by atoms with Gasteiger partial charge < -0.3 is 10.0 Å². The zero-order valence-electron chi connectivity index (χ0n) is 10.3. The Bertz CT molecular complexity index is 439. The lowest BCUT2D eigenvalue weighted by Gasteiger charge is -2.28. The number of carboxylic acids is 1. The van der Waals surface area contributed by atoms with Crippen molar-refractivity contribution < 1.29 is 9.90 Å². The molecule has 1 aliphatic rings. The summed E-state index contributed by atoms with van der Waals surface area (Å²) in [4.78, 5) is 21.4. The van der Waals surface area contributed by atoms with Gasteiger partial charge in [0.05, 0.1) is 11.9 Å². The van der Waals surface area contributed by atoms with E-state index in [1.165, 1.54) is 19.0 Å². The standard InChI is InChI=1S/C12H17N3O2/c1-7(2)15(9-4-5-9)11-8(3)14-10(6-13-11)12(16)17/h6-7,9H,4-5H2,1-3H3,(H,16,17). The number of aromatic nitrogens is 2. The molecule has 5 nitrogen and oxygen atoms in total. The Kier molecular flexibility index (Phi) is 3.00. The van der Waals surface area contributed by atoms with Crippen LogP contribution >= 0.6 is 0 Å². The highest BCUT2D eigenvalue weighted by Crippen LogP contribution is 2.33. The van der Waals surface area contributed by atoms with Crippen molar-refractivity contribution in [1.29, 1.82) is 0 Å². The van der Waals surface area contributed by atoms with E-state index in [2.05, 4.69) is 28.7 Å². The van der Waals surface area contributed by atoms with E-state index in [0.717, 1.165) is 5.82 Å². The molecular weight excluding hydrogens is 218 g/mol. The van der Waals surface area contributed by atoms with Crippen LogP contribution in [0.1, 0.15) is 42.9 Å². The number of hydrogen-bond acceptors (Lipinski definition) is 4. The number of hydrogen-bond donors (Lipinski definition) is 1. The molecule has 5 heteroatoms. The molecule has 17 heavy (non-hydrogen) atoms. The van der Waals surface area contributed by atoms with Gasteiger partial charge in [-0.25, -0.2) is 14.8 Å². The van der Waals surface area contributed by atoms with Crippen LogP contribution in [0.25, 0.3) is 0 Å². The Balaban J connectivity index is 2.34. The van der Waals surface area contributed by atoms with Crippen LogP contribution in [0.3, 0.4) is 0 Å². The summed E-state index contributed by atoms with van der Waals surface area (Å²) >= 11 is 0. The zero-order chi connectivity index (χ0) is 12.6. The van der Waals surface area contributed by atoms with Crippen molar-refractivity contribution in [1.82, 2.24) is 9.97 Å². The lowest BCUT2D eigenvalue weighted by molar-refractivity contribution is 0.0689. The van der Waals surface area contributed by atoms with Gasteiger partial charge in [-0.15, -0.1) is 0 Å². The minimum Gasteiger partial charge on any atom is -0.476 e. The van der Waals surface area contributed by atoms with Gasteiger partial charge in [-0.1, -0.05) is 0 Å². The molecule has 0 bridgehead atoms. The van der Waals surface area contributed by atoms with E-state index >= 15 is 0 Å². The van der Waals surface area contributed by atoms with Crippen LogP contribution in [0, 0.1) is 6.92 Å². The summed E-state index contributed by atoms with van der Waals surface area (Å²) in [6.07, 6.45) is 3.70. The molecule has 1 saturated carbocycles. The molecule has 0 saturated heterocycles. The second-order valence-electron chi connectivity index (χ2n) is 4.70. The quantitative estimate of drug-likeness (QED) is 0.862. The Morgan fingerprint density at radius 1 is 1.53 bits per heavy atom. The second kappa shape index (κ2) is 4.31. The molecule has 2 rings (SSSR count). The SMILES string of the molecule is Cc1nc(C(=O)O)cnc1N(C(C)C)C1CC1. The molecule has 1 aromatic rings. The topological polar surface area (TPSA) is 66.3 Å². The van der Waals surface area contributed by atoms with Crippen LogP contribution in [0.5, 0.6) is 0 Å². The Hall–Kier alpha value is -1.65. The van der Waals surface area contributed by atoms with E-state index < -0.39 is 5.97 Å². The first-order valence-corrected chi connectivity index (χ1v) is 5.86. The highest BCUT2D eigenvalue weighted by Gasteiger charge is 2.32. The third-order valence-electron chi connectivity index (χ3n) is 2.88. The molecule has 0 spiro atoms. The smallest absolute Gasteiger partial charge is 0.356 e. The first-order valence-electron chi connectivity index (χ1n) is 5.86. The number of carboxylic acid groups (broad SMARTS) is 1. The number of rotatable bonds is 4. The number of nitrogens with zero attached hydrogens (tertiary/aromatic N) is 3. The summed E-state index contributed by atoms with van der Waals surface area (Å²) < 4.78 is 0. The summed E-state index contributed by atoms with van der Waals surface area (Å²) in [5, 5.41) is 8.85. The Labute approximate surface area is 100 Å². The molecule has 0 aromatic carbocycles. The van der Waals surface area contributed by atoms with Crippen LogP contribution < -0.4 is 4.90 Å². The normalized spacial score (nSPS) is 15.1. The molecule has 0 amide bonds. The van der Waals surface area contributed by atoms with Gasteiger partial charge >= 0.3 is 5.97 Å². The van der Waals surface area contributed by atoms with Gasteiger partial charge in [-0.2, -0.15) is 0 Å². The molecule has 0 atom stereocenters. The van der Waals surface area contributed by atoms with Crippen molar-refractivity contribution in [2.45, 2.75) is 45.7 Å². The van der Waals surface area contributed by atoms with Crippen molar-refractivity contribution in [3.8, 4) is 0 Å². The highest BCUT2D eigenvalue weighted by atomic mass is 16.4. The van der Waals surface area contributed by atoms with Gasteiger partial charge in [0.15, 0.2) is 11.5 Å². The van der Waals surface area contributed by atoms with Gasteiger partial charge in [0.2, 0.25) is 0 Å². The maximum absolute atomic E-state index is 10.8. The van der Waals surface area contributed by atoms with Gasteiger partial charge in [-0.05, 0) is 33.6 Å². The fourth-order valence-corrected chi connectivity index (χ4v) is 2.02. The van der Waals surface area contributed by atoms with E-state index in [-0.39, 0.29) is 5.69 Å². The summed E-state index contributed by atoms with van der Waals surface area (Å²) in [5.41, 5.74) is 0.691. The zero-order valence-corrected chi connectivity index (χ0v) is 10.3. The number of carbonyl (C=O) groups is 1. The van der Waals surface area contributed by atoms with Crippen molar-refractivity contribution >= 4 is 11.8 Å². The molecule has 0 aliphatic heterocycles. The van der Waals surface area contributed by atoms with Crippen molar-refractivity contribution in [3.05, 3.63) is 17.6 Å². The summed E-state index contributed by atoms with van der Waals surface area (Å²) in [7, 11) is 0. The molecular formula is C12H17N3O2. The van der Waals surface area contributed by atoms with E-state index in [1.54, 1.807) is 0 Å². The molecule has 0 radical (unpaired) electrons. The van der Waals surface area contributed by atoms with Crippen LogP contribution in [-0.2, 0) is 0 Å². The summed E-state index contributed by atoms with van der Waals surface area (Å²) in [5.74, 6) is -0.220. The van der Waals surface area contributed by atoms with Crippen LogP contribution in [0.2, 0.25) is 0 Å². The van der Waals surface area contributed by atoms with Crippen LogP contribution in [0.15, 0.2) is 6.20 Å². The van der Waals surface area contributed by atoms with Gasteiger partial charge in [0, 0.05) is 12.1 Å². The molecule has 1 aliphatic carbocycles.